The van der Waals surface area contributed by atoms with Crippen LogP contribution in [0.1, 0.15) is 11.4 Å². The highest BCUT2D eigenvalue weighted by molar-refractivity contribution is 7.98. The Morgan fingerprint density at radius 3 is 2.73 bits per heavy atom. The summed E-state index contributed by atoms with van der Waals surface area (Å²) in [5, 5.41) is 10.8. The van der Waals surface area contributed by atoms with Gasteiger partial charge in [0.25, 0.3) is 0 Å². The van der Waals surface area contributed by atoms with Crippen molar-refractivity contribution in [3.05, 3.63) is 40.8 Å². The molecule has 2 heterocycles. The normalized spacial score (nSPS) is 11.3. The van der Waals surface area contributed by atoms with Gasteiger partial charge in [-0.05, 0) is 31.4 Å². The van der Waals surface area contributed by atoms with Crippen molar-refractivity contribution < 1.29 is 0 Å². The van der Waals surface area contributed by atoms with Crippen molar-refractivity contribution in [3.63, 3.8) is 0 Å². The molecule has 0 bridgehead atoms. The van der Waals surface area contributed by atoms with Crippen LogP contribution in [0.25, 0.3) is 10.9 Å². The molecule has 0 atom stereocenters. The second-order valence-corrected chi connectivity index (χ2v) is 7.05. The van der Waals surface area contributed by atoms with Crippen molar-refractivity contribution in [2.75, 3.05) is 6.26 Å². The smallest absolute Gasteiger partial charge is 0.191 e. The number of pyridine rings is 1. The van der Waals surface area contributed by atoms with Crippen molar-refractivity contribution in [3.8, 4) is 0 Å². The van der Waals surface area contributed by atoms with Gasteiger partial charge in [-0.1, -0.05) is 29.4 Å². The summed E-state index contributed by atoms with van der Waals surface area (Å²) in [5.74, 6) is 1.62. The summed E-state index contributed by atoms with van der Waals surface area (Å²) < 4.78 is 1.97. The van der Waals surface area contributed by atoms with Gasteiger partial charge in [-0.15, -0.1) is 22.0 Å². The van der Waals surface area contributed by atoms with Gasteiger partial charge in [0.2, 0.25) is 0 Å². The molecule has 3 aromatic rings. The molecule has 0 amide bonds. The van der Waals surface area contributed by atoms with Crippen molar-refractivity contribution in [2.45, 2.75) is 22.7 Å². The van der Waals surface area contributed by atoms with E-state index in [-0.39, 0.29) is 0 Å². The molecule has 2 aromatic heterocycles. The Kier molecular flexibility index (Phi) is 4.61. The lowest BCUT2D eigenvalue weighted by Crippen LogP contribution is -1.95. The molecule has 0 saturated heterocycles. The van der Waals surface area contributed by atoms with Crippen LogP contribution < -0.4 is 0 Å². The van der Waals surface area contributed by atoms with Crippen LogP contribution in [0.5, 0.6) is 0 Å². The van der Waals surface area contributed by atoms with Gasteiger partial charge in [0, 0.05) is 28.6 Å². The molecule has 0 unspecified atom stereocenters. The van der Waals surface area contributed by atoms with Crippen LogP contribution in [0, 0.1) is 6.92 Å². The Labute approximate surface area is 142 Å². The van der Waals surface area contributed by atoms with Gasteiger partial charge in [-0.3, -0.25) is 0 Å². The van der Waals surface area contributed by atoms with Crippen molar-refractivity contribution in [2.24, 2.45) is 7.05 Å². The second-order valence-electron chi connectivity index (χ2n) is 4.87. The van der Waals surface area contributed by atoms with Crippen LogP contribution in [-0.4, -0.2) is 26.0 Å². The maximum atomic E-state index is 6.34. The zero-order valence-electron chi connectivity index (χ0n) is 12.5. The molecule has 22 heavy (non-hydrogen) atoms. The molecule has 0 radical (unpaired) electrons. The third-order valence-electron chi connectivity index (χ3n) is 3.46. The van der Waals surface area contributed by atoms with Crippen LogP contribution in [0.3, 0.4) is 0 Å². The SMILES string of the molecule is CSc1ccc2cc(CSc3nnc(C)n3C)c(Cl)nc2c1. The summed E-state index contributed by atoms with van der Waals surface area (Å²) in [6, 6.07) is 8.36. The first-order chi connectivity index (χ1) is 10.6. The molecule has 0 aliphatic rings. The molecule has 0 fully saturated rings. The summed E-state index contributed by atoms with van der Waals surface area (Å²) in [4.78, 5) is 5.71. The monoisotopic (exact) mass is 350 g/mol. The molecule has 0 aliphatic heterocycles. The van der Waals surface area contributed by atoms with Gasteiger partial charge in [-0.2, -0.15) is 0 Å². The maximum Gasteiger partial charge on any atom is 0.191 e. The molecule has 0 spiro atoms. The number of benzene rings is 1. The lowest BCUT2D eigenvalue weighted by Gasteiger charge is -2.07. The Hall–Kier alpha value is -1.24. The first-order valence-corrected chi connectivity index (χ1v) is 9.29. The van der Waals surface area contributed by atoms with E-state index >= 15 is 0 Å². The maximum absolute atomic E-state index is 6.34. The van der Waals surface area contributed by atoms with Gasteiger partial charge >= 0.3 is 0 Å². The van der Waals surface area contributed by atoms with Gasteiger partial charge in [-0.25, -0.2) is 4.98 Å². The van der Waals surface area contributed by atoms with E-state index in [9.17, 15) is 0 Å². The Morgan fingerprint density at radius 2 is 2.05 bits per heavy atom. The number of aryl methyl sites for hydroxylation is 1. The molecule has 0 N–H and O–H groups in total. The number of hydrogen-bond donors (Lipinski definition) is 0. The lowest BCUT2D eigenvalue weighted by atomic mass is 10.2. The number of fused-ring (bicyclic) bond motifs is 1. The van der Waals surface area contributed by atoms with Crippen LogP contribution in [-0.2, 0) is 12.8 Å². The molecule has 4 nitrogen and oxygen atoms in total. The second kappa shape index (κ2) is 6.48. The number of thioether (sulfide) groups is 2. The van der Waals surface area contributed by atoms with E-state index in [0.717, 1.165) is 33.2 Å². The van der Waals surface area contributed by atoms with Crippen molar-refractivity contribution in [1.82, 2.24) is 19.7 Å². The molecule has 0 aliphatic carbocycles. The van der Waals surface area contributed by atoms with Gasteiger partial charge in [0.1, 0.15) is 11.0 Å². The molecule has 3 rings (SSSR count). The van der Waals surface area contributed by atoms with Crippen LogP contribution in [0.2, 0.25) is 5.15 Å². The minimum absolute atomic E-state index is 0.553. The predicted molar refractivity (Wildman–Crippen MR) is 93.8 cm³/mol. The third kappa shape index (κ3) is 3.09. The zero-order chi connectivity index (χ0) is 15.7. The zero-order valence-corrected chi connectivity index (χ0v) is 14.9. The Bertz CT molecular complexity index is 832. The molecule has 1 aromatic carbocycles. The van der Waals surface area contributed by atoms with Crippen LogP contribution >= 0.6 is 35.1 Å². The molecule has 114 valence electrons. The predicted octanol–water partition coefficient (Wildman–Crippen LogP) is 4.34. The number of nitrogens with zero attached hydrogens (tertiary/aromatic N) is 4. The van der Waals surface area contributed by atoms with Crippen molar-refractivity contribution in [1.29, 1.82) is 0 Å². The van der Waals surface area contributed by atoms with E-state index in [1.54, 1.807) is 23.5 Å². The summed E-state index contributed by atoms with van der Waals surface area (Å²) in [6.45, 7) is 1.94. The summed E-state index contributed by atoms with van der Waals surface area (Å²) in [7, 11) is 1.96. The fourth-order valence-electron chi connectivity index (χ4n) is 2.05. The Morgan fingerprint density at radius 1 is 1.23 bits per heavy atom. The highest BCUT2D eigenvalue weighted by Gasteiger charge is 2.10. The van der Waals surface area contributed by atoms with E-state index in [4.69, 9.17) is 11.6 Å². The molecule has 7 heteroatoms. The average molecular weight is 351 g/mol. The van der Waals surface area contributed by atoms with Gasteiger partial charge < -0.3 is 4.57 Å². The van der Waals surface area contributed by atoms with Gasteiger partial charge in [0.05, 0.1) is 5.52 Å². The van der Waals surface area contributed by atoms with E-state index < -0.39 is 0 Å². The topological polar surface area (TPSA) is 43.6 Å². The number of rotatable bonds is 4. The lowest BCUT2D eigenvalue weighted by molar-refractivity contribution is 0.765. The fraction of sp³-hybridized carbons (Fsp3) is 0.267. The minimum atomic E-state index is 0.553. The van der Waals surface area contributed by atoms with Crippen molar-refractivity contribution >= 4 is 46.0 Å². The van der Waals surface area contributed by atoms with Gasteiger partial charge in [0.15, 0.2) is 5.16 Å². The molecular formula is C15H15ClN4S2. The van der Waals surface area contributed by atoms with E-state index in [1.165, 1.54) is 4.90 Å². The highest BCUT2D eigenvalue weighted by atomic mass is 35.5. The summed E-state index contributed by atoms with van der Waals surface area (Å²) >= 11 is 9.65. The largest absolute Gasteiger partial charge is 0.309 e. The Balaban J connectivity index is 1.87. The minimum Gasteiger partial charge on any atom is -0.309 e. The van der Waals surface area contributed by atoms with Crippen LogP contribution in [0.15, 0.2) is 34.3 Å². The number of halogens is 1. The summed E-state index contributed by atoms with van der Waals surface area (Å²) in [5.41, 5.74) is 1.94. The van der Waals surface area contributed by atoms with E-state index in [0.29, 0.717) is 5.15 Å². The molecular weight excluding hydrogens is 336 g/mol. The van der Waals surface area contributed by atoms with E-state index in [1.807, 2.05) is 18.5 Å². The fourth-order valence-corrected chi connectivity index (χ4v) is 3.71. The number of aromatic nitrogens is 4. The standard InChI is InChI=1S/C15H15ClN4S2/c1-9-18-19-15(20(9)2)22-8-11-6-10-4-5-12(21-3)7-13(10)17-14(11)16/h4-7H,8H2,1-3H3. The number of hydrogen-bond acceptors (Lipinski definition) is 5. The first-order valence-electron chi connectivity index (χ1n) is 6.70. The quantitative estimate of drug-likeness (QED) is 0.517. The third-order valence-corrected chi connectivity index (χ3v) is 5.58. The van der Waals surface area contributed by atoms with Crippen LogP contribution in [0.4, 0.5) is 0 Å². The highest BCUT2D eigenvalue weighted by Crippen LogP contribution is 2.29. The first kappa shape index (κ1) is 15.6. The average Bonchev–Trinajstić information content (AvgIpc) is 2.84. The molecule has 0 saturated carbocycles. The summed E-state index contributed by atoms with van der Waals surface area (Å²) in [6.07, 6.45) is 2.05. The van der Waals surface area contributed by atoms with E-state index in [2.05, 4.69) is 45.7 Å².